The Morgan fingerprint density at radius 3 is 2.46 bits per heavy atom. The molecule has 5 nitrogen and oxygen atoms in total. The molecule has 1 aliphatic heterocycles. The summed E-state index contributed by atoms with van der Waals surface area (Å²) in [6, 6.07) is 12.0. The van der Waals surface area contributed by atoms with Gasteiger partial charge in [-0.05, 0) is 29.8 Å². The summed E-state index contributed by atoms with van der Waals surface area (Å²) in [5.74, 6) is 0.725. The Bertz CT molecular complexity index is 667. The van der Waals surface area contributed by atoms with Gasteiger partial charge >= 0.3 is 0 Å². The van der Waals surface area contributed by atoms with E-state index in [4.69, 9.17) is 0 Å². The number of hydrogen-bond acceptors (Lipinski definition) is 5. The van der Waals surface area contributed by atoms with E-state index < -0.39 is 0 Å². The average Bonchev–Trinajstić information content (AvgIpc) is 2.65. The van der Waals surface area contributed by atoms with Crippen LogP contribution in [0.25, 0.3) is 0 Å². The maximum absolute atomic E-state index is 13.0. The quantitative estimate of drug-likeness (QED) is 0.521. The number of piperazine rings is 1. The number of halogens is 1. The number of rotatable bonds is 5. The number of benzene rings is 1. The smallest absolute Gasteiger partial charge is 0.128 e. The fraction of sp³-hybridized carbons (Fsp3) is 0.333. The first kappa shape index (κ1) is 16.4. The Labute approximate surface area is 141 Å². The minimum Gasteiger partial charge on any atom is -0.411 e. The van der Waals surface area contributed by atoms with Crippen LogP contribution >= 0.6 is 0 Å². The second kappa shape index (κ2) is 7.88. The van der Waals surface area contributed by atoms with Gasteiger partial charge in [0.2, 0.25) is 0 Å². The van der Waals surface area contributed by atoms with Gasteiger partial charge in [0, 0.05) is 45.3 Å². The zero-order valence-electron chi connectivity index (χ0n) is 13.5. The van der Waals surface area contributed by atoms with Gasteiger partial charge in [0.1, 0.15) is 11.6 Å². The van der Waals surface area contributed by atoms with Crippen molar-refractivity contribution in [3.05, 3.63) is 60.0 Å². The van der Waals surface area contributed by atoms with Crippen LogP contribution < -0.4 is 4.90 Å². The third-order valence-electron chi connectivity index (χ3n) is 4.31. The molecule has 1 fully saturated rings. The molecule has 0 spiro atoms. The number of pyridine rings is 1. The molecule has 2 aromatic rings. The lowest BCUT2D eigenvalue weighted by Gasteiger charge is -2.35. The molecule has 126 valence electrons. The van der Waals surface area contributed by atoms with E-state index in [0.717, 1.165) is 44.1 Å². The van der Waals surface area contributed by atoms with Crippen LogP contribution in [0.4, 0.5) is 10.2 Å². The molecule has 1 aromatic carbocycles. The van der Waals surface area contributed by atoms with Gasteiger partial charge in [0.15, 0.2) is 0 Å². The molecule has 1 aliphatic rings. The summed E-state index contributed by atoms with van der Waals surface area (Å²) in [6.07, 6.45) is 2.44. The van der Waals surface area contributed by atoms with Crippen molar-refractivity contribution in [2.24, 2.45) is 5.16 Å². The first-order valence-corrected chi connectivity index (χ1v) is 8.11. The Morgan fingerprint density at radius 1 is 1.08 bits per heavy atom. The molecule has 2 heterocycles. The molecule has 0 saturated carbocycles. The van der Waals surface area contributed by atoms with E-state index >= 15 is 0 Å². The lowest BCUT2D eigenvalue weighted by atomic mass is 10.1. The fourth-order valence-corrected chi connectivity index (χ4v) is 2.90. The minimum absolute atomic E-state index is 0.290. The molecule has 1 N–H and O–H groups in total. The lowest BCUT2D eigenvalue weighted by molar-refractivity contribution is 0.262. The number of aromatic nitrogens is 1. The molecule has 0 amide bonds. The average molecular weight is 328 g/mol. The van der Waals surface area contributed by atoms with Crippen molar-refractivity contribution in [2.45, 2.75) is 6.42 Å². The van der Waals surface area contributed by atoms with E-state index in [1.165, 1.54) is 12.1 Å². The summed E-state index contributed by atoms with van der Waals surface area (Å²) in [5.41, 5.74) is 1.34. The highest BCUT2D eigenvalue weighted by Gasteiger charge is 2.18. The molecule has 1 saturated heterocycles. The van der Waals surface area contributed by atoms with Crippen LogP contribution in [-0.2, 0) is 0 Å². The Hall–Kier alpha value is -2.47. The minimum atomic E-state index is -0.290. The van der Waals surface area contributed by atoms with Crippen LogP contribution in [0.5, 0.6) is 0 Å². The van der Waals surface area contributed by atoms with Crippen LogP contribution in [0.2, 0.25) is 0 Å². The predicted octanol–water partition coefficient (Wildman–Crippen LogP) is 2.61. The summed E-state index contributed by atoms with van der Waals surface area (Å²) < 4.78 is 13.0. The van der Waals surface area contributed by atoms with Crippen molar-refractivity contribution in [2.75, 3.05) is 37.6 Å². The van der Waals surface area contributed by atoms with Crippen molar-refractivity contribution in [3.63, 3.8) is 0 Å². The van der Waals surface area contributed by atoms with Gasteiger partial charge in [0.25, 0.3) is 0 Å². The number of anilines is 1. The molecule has 6 heteroatoms. The number of hydrogen-bond donors (Lipinski definition) is 1. The second-order valence-electron chi connectivity index (χ2n) is 5.82. The molecule has 0 radical (unpaired) electrons. The first-order chi connectivity index (χ1) is 11.8. The SMILES string of the molecule is O/N=C(/CCN1CCN(c2ccccn2)CC1)c1ccc(F)cc1. The van der Waals surface area contributed by atoms with E-state index in [1.54, 1.807) is 12.1 Å². The molecule has 3 rings (SSSR count). The highest BCUT2D eigenvalue weighted by Crippen LogP contribution is 2.13. The van der Waals surface area contributed by atoms with Crippen LogP contribution in [0, 0.1) is 5.82 Å². The van der Waals surface area contributed by atoms with Gasteiger partial charge in [-0.25, -0.2) is 9.37 Å². The maximum Gasteiger partial charge on any atom is 0.128 e. The van der Waals surface area contributed by atoms with Gasteiger partial charge in [-0.1, -0.05) is 23.4 Å². The van der Waals surface area contributed by atoms with Crippen LogP contribution in [0.1, 0.15) is 12.0 Å². The normalized spacial score (nSPS) is 16.4. The van der Waals surface area contributed by atoms with E-state index in [1.807, 2.05) is 24.4 Å². The zero-order valence-corrected chi connectivity index (χ0v) is 13.5. The van der Waals surface area contributed by atoms with Gasteiger partial charge in [-0.3, -0.25) is 4.90 Å². The summed E-state index contributed by atoms with van der Waals surface area (Å²) in [5, 5.41) is 12.6. The van der Waals surface area contributed by atoms with Gasteiger partial charge < -0.3 is 10.1 Å². The molecular formula is C18H21FN4O. The van der Waals surface area contributed by atoms with E-state index in [-0.39, 0.29) is 5.82 Å². The largest absolute Gasteiger partial charge is 0.411 e. The molecule has 24 heavy (non-hydrogen) atoms. The highest BCUT2D eigenvalue weighted by atomic mass is 19.1. The molecule has 0 atom stereocenters. The van der Waals surface area contributed by atoms with Crippen LogP contribution in [-0.4, -0.2) is 53.5 Å². The Kier molecular flexibility index (Phi) is 5.38. The van der Waals surface area contributed by atoms with Crippen molar-refractivity contribution >= 4 is 11.5 Å². The summed E-state index contributed by atoms with van der Waals surface area (Å²) >= 11 is 0. The summed E-state index contributed by atoms with van der Waals surface area (Å²) in [4.78, 5) is 9.00. The Balaban J connectivity index is 1.50. The summed E-state index contributed by atoms with van der Waals surface area (Å²) in [7, 11) is 0. The topological polar surface area (TPSA) is 52.0 Å². The van der Waals surface area contributed by atoms with Gasteiger partial charge in [-0.15, -0.1) is 0 Å². The third-order valence-corrected chi connectivity index (χ3v) is 4.31. The van der Waals surface area contributed by atoms with E-state index in [9.17, 15) is 9.60 Å². The number of oxime groups is 1. The highest BCUT2D eigenvalue weighted by molar-refractivity contribution is 6.00. The van der Waals surface area contributed by atoms with Crippen LogP contribution in [0.15, 0.2) is 53.8 Å². The summed E-state index contributed by atoms with van der Waals surface area (Å²) in [6.45, 7) is 4.56. The molecule has 0 aliphatic carbocycles. The van der Waals surface area contributed by atoms with Crippen molar-refractivity contribution in [1.82, 2.24) is 9.88 Å². The number of nitrogens with zero attached hydrogens (tertiary/aromatic N) is 4. The first-order valence-electron chi connectivity index (χ1n) is 8.11. The van der Waals surface area contributed by atoms with Gasteiger partial charge in [0.05, 0.1) is 5.71 Å². The molecule has 1 aromatic heterocycles. The predicted molar refractivity (Wildman–Crippen MR) is 92.2 cm³/mol. The monoisotopic (exact) mass is 328 g/mol. The van der Waals surface area contributed by atoms with E-state index in [0.29, 0.717) is 12.1 Å². The lowest BCUT2D eigenvalue weighted by Crippen LogP contribution is -2.47. The van der Waals surface area contributed by atoms with E-state index in [2.05, 4.69) is 19.9 Å². The molecule has 0 unspecified atom stereocenters. The van der Waals surface area contributed by atoms with Crippen molar-refractivity contribution < 1.29 is 9.60 Å². The molecular weight excluding hydrogens is 307 g/mol. The standard InChI is InChI=1S/C18H21FN4O/c19-16-6-4-15(5-7-16)17(21-24)8-10-22-11-13-23(14-12-22)18-3-1-2-9-20-18/h1-7,9,24H,8,10-14H2/b21-17-. The van der Waals surface area contributed by atoms with Crippen molar-refractivity contribution in [3.8, 4) is 0 Å². The van der Waals surface area contributed by atoms with Gasteiger partial charge in [-0.2, -0.15) is 0 Å². The van der Waals surface area contributed by atoms with Crippen LogP contribution in [0.3, 0.4) is 0 Å². The third kappa shape index (κ3) is 4.08. The fourth-order valence-electron chi connectivity index (χ4n) is 2.90. The maximum atomic E-state index is 13.0. The zero-order chi connectivity index (χ0) is 16.8. The Morgan fingerprint density at radius 2 is 1.83 bits per heavy atom. The second-order valence-corrected chi connectivity index (χ2v) is 5.82. The van der Waals surface area contributed by atoms with Crippen molar-refractivity contribution in [1.29, 1.82) is 0 Å². The molecule has 0 bridgehead atoms.